The molecule has 0 radical (unpaired) electrons. The Labute approximate surface area is 154 Å². The molecular formula is C16H14S6. The first-order valence-electron chi connectivity index (χ1n) is 6.69. The smallest absolute Gasteiger partial charge is 0.0306 e. The second-order valence-corrected chi connectivity index (χ2v) is 14.0. The SMILES string of the molecule is c1ccc(/C2=C(\c3ccccc3)CSSSSSSC2)cc1. The van der Waals surface area contributed by atoms with E-state index in [-0.39, 0.29) is 0 Å². The van der Waals surface area contributed by atoms with Gasteiger partial charge in [-0.05, 0) is 61.6 Å². The van der Waals surface area contributed by atoms with Crippen LogP contribution in [-0.4, -0.2) is 11.5 Å². The highest BCUT2D eigenvalue weighted by Gasteiger charge is 2.14. The van der Waals surface area contributed by atoms with Crippen molar-refractivity contribution in [1.29, 1.82) is 0 Å². The van der Waals surface area contributed by atoms with E-state index < -0.39 is 0 Å². The Bertz CT molecular complexity index is 556. The van der Waals surface area contributed by atoms with E-state index in [0.29, 0.717) is 0 Å². The monoisotopic (exact) mass is 398 g/mol. The van der Waals surface area contributed by atoms with Gasteiger partial charge in [0.2, 0.25) is 0 Å². The summed E-state index contributed by atoms with van der Waals surface area (Å²) in [5.41, 5.74) is 5.62. The molecule has 0 aliphatic carbocycles. The number of benzene rings is 2. The molecule has 0 atom stereocenters. The van der Waals surface area contributed by atoms with Crippen molar-refractivity contribution in [3.63, 3.8) is 0 Å². The molecule has 1 heterocycles. The van der Waals surface area contributed by atoms with Crippen molar-refractivity contribution in [3.8, 4) is 0 Å². The maximum Gasteiger partial charge on any atom is 0.0306 e. The van der Waals surface area contributed by atoms with Crippen LogP contribution in [0.15, 0.2) is 60.7 Å². The van der Waals surface area contributed by atoms with Gasteiger partial charge in [-0.2, -0.15) is 0 Å². The van der Waals surface area contributed by atoms with E-state index in [1.54, 1.807) is 0 Å². The summed E-state index contributed by atoms with van der Waals surface area (Å²) in [6.07, 6.45) is 0. The van der Waals surface area contributed by atoms with Gasteiger partial charge in [0.15, 0.2) is 0 Å². The van der Waals surface area contributed by atoms with Crippen LogP contribution in [0.1, 0.15) is 11.1 Å². The van der Waals surface area contributed by atoms with E-state index >= 15 is 0 Å². The Hall–Kier alpha value is 0.280. The Morgan fingerprint density at radius 3 is 1.32 bits per heavy atom. The average Bonchev–Trinajstić information content (AvgIpc) is 2.60. The molecule has 2 aromatic rings. The van der Waals surface area contributed by atoms with Crippen molar-refractivity contribution in [1.82, 2.24) is 0 Å². The summed E-state index contributed by atoms with van der Waals surface area (Å²) in [7, 11) is 11.3. The van der Waals surface area contributed by atoms with Gasteiger partial charge in [0.1, 0.15) is 0 Å². The molecule has 0 saturated heterocycles. The summed E-state index contributed by atoms with van der Waals surface area (Å²) < 4.78 is 0. The molecule has 114 valence electrons. The van der Waals surface area contributed by atoms with E-state index in [9.17, 15) is 0 Å². The van der Waals surface area contributed by atoms with Gasteiger partial charge in [0, 0.05) is 11.5 Å². The van der Waals surface area contributed by atoms with Gasteiger partial charge in [-0.25, -0.2) is 0 Å². The molecule has 0 amide bonds. The Kier molecular flexibility index (Phi) is 7.43. The Balaban J connectivity index is 2.04. The third-order valence-corrected chi connectivity index (χ3v) is 13.9. The molecule has 0 nitrogen and oxygen atoms in total. The van der Waals surface area contributed by atoms with Crippen LogP contribution in [-0.2, 0) is 0 Å². The molecule has 6 heteroatoms. The Morgan fingerprint density at radius 2 is 0.909 bits per heavy atom. The van der Waals surface area contributed by atoms with Crippen molar-refractivity contribution in [2.75, 3.05) is 11.5 Å². The van der Waals surface area contributed by atoms with Crippen molar-refractivity contribution in [2.45, 2.75) is 0 Å². The minimum Gasteiger partial charge on any atom is -0.0769 e. The second-order valence-electron chi connectivity index (χ2n) is 4.49. The van der Waals surface area contributed by atoms with Gasteiger partial charge in [0.05, 0.1) is 0 Å². The van der Waals surface area contributed by atoms with Crippen LogP contribution in [0.3, 0.4) is 0 Å². The lowest BCUT2D eigenvalue weighted by Crippen LogP contribution is -1.97. The van der Waals surface area contributed by atoms with Gasteiger partial charge in [-0.1, -0.05) is 82.3 Å². The molecule has 1 aliphatic heterocycles. The standard InChI is InChI=1S/C16H14S6/c1-3-7-13(8-4-1)15-11-17-19-21-22-20-18-12-16(15)14-9-5-2-6-10-14/h1-10H,11-12H2/b16-15-. The summed E-state index contributed by atoms with van der Waals surface area (Å²) in [5.74, 6) is 2.08. The van der Waals surface area contributed by atoms with Crippen molar-refractivity contribution in [2.24, 2.45) is 0 Å². The van der Waals surface area contributed by atoms with Crippen LogP contribution >= 0.6 is 60.9 Å². The number of hydrogen-bond donors (Lipinski definition) is 0. The second kappa shape index (κ2) is 9.55. The van der Waals surface area contributed by atoms with E-state index in [1.165, 1.54) is 22.3 Å². The lowest BCUT2D eigenvalue weighted by molar-refractivity contribution is 1.53. The zero-order chi connectivity index (χ0) is 15.0. The van der Waals surface area contributed by atoms with Crippen molar-refractivity contribution >= 4 is 72.0 Å². The molecule has 0 unspecified atom stereocenters. The van der Waals surface area contributed by atoms with Gasteiger partial charge in [-0.15, -0.1) is 0 Å². The number of hydrogen-bond acceptors (Lipinski definition) is 6. The first-order valence-corrected chi connectivity index (χ1v) is 14.5. The van der Waals surface area contributed by atoms with Crippen molar-refractivity contribution in [3.05, 3.63) is 71.8 Å². The predicted molar refractivity (Wildman–Crippen MR) is 115 cm³/mol. The molecule has 0 saturated carbocycles. The molecule has 3 rings (SSSR count). The molecule has 0 aromatic heterocycles. The van der Waals surface area contributed by atoms with Crippen LogP contribution in [0.2, 0.25) is 0 Å². The molecule has 1 aliphatic rings. The third-order valence-electron chi connectivity index (χ3n) is 3.19. The highest BCUT2D eigenvalue weighted by Crippen LogP contribution is 2.55. The largest absolute Gasteiger partial charge is 0.0769 e. The quantitative estimate of drug-likeness (QED) is 0.474. The zero-order valence-electron chi connectivity index (χ0n) is 11.6. The molecule has 0 N–H and O–H groups in total. The Morgan fingerprint density at radius 1 is 0.500 bits per heavy atom. The zero-order valence-corrected chi connectivity index (χ0v) is 16.5. The van der Waals surface area contributed by atoms with Gasteiger partial charge in [0.25, 0.3) is 0 Å². The van der Waals surface area contributed by atoms with Gasteiger partial charge in [-0.3, -0.25) is 0 Å². The topological polar surface area (TPSA) is 0 Å². The fourth-order valence-electron chi connectivity index (χ4n) is 2.20. The highest BCUT2D eigenvalue weighted by molar-refractivity contribution is 9.41. The summed E-state index contributed by atoms with van der Waals surface area (Å²) >= 11 is 0. The summed E-state index contributed by atoms with van der Waals surface area (Å²) in [4.78, 5) is 0. The summed E-state index contributed by atoms with van der Waals surface area (Å²) in [6, 6.07) is 21.6. The van der Waals surface area contributed by atoms with Crippen LogP contribution in [0.4, 0.5) is 0 Å². The van der Waals surface area contributed by atoms with Crippen LogP contribution in [0.5, 0.6) is 0 Å². The van der Waals surface area contributed by atoms with Crippen LogP contribution < -0.4 is 0 Å². The van der Waals surface area contributed by atoms with Gasteiger partial charge >= 0.3 is 0 Å². The maximum atomic E-state index is 2.23. The first kappa shape index (κ1) is 17.1. The lowest BCUT2D eigenvalue weighted by atomic mass is 9.97. The summed E-state index contributed by atoms with van der Waals surface area (Å²) in [5, 5.41) is 0. The van der Waals surface area contributed by atoms with Crippen LogP contribution in [0, 0.1) is 0 Å². The van der Waals surface area contributed by atoms with E-state index in [2.05, 4.69) is 60.7 Å². The average molecular weight is 399 g/mol. The fourth-order valence-corrected chi connectivity index (χ4v) is 13.7. The molecule has 0 fully saturated rings. The maximum absolute atomic E-state index is 2.23. The molecule has 2 aromatic carbocycles. The lowest BCUT2D eigenvalue weighted by Gasteiger charge is -2.17. The van der Waals surface area contributed by atoms with Gasteiger partial charge < -0.3 is 0 Å². The highest BCUT2D eigenvalue weighted by atomic mass is 33.9. The first-order chi connectivity index (χ1) is 10.9. The van der Waals surface area contributed by atoms with E-state index in [4.69, 9.17) is 0 Å². The molecule has 0 bridgehead atoms. The number of rotatable bonds is 2. The van der Waals surface area contributed by atoms with E-state index in [1.807, 2.05) is 60.9 Å². The molecule has 22 heavy (non-hydrogen) atoms. The fraction of sp³-hybridized carbons (Fsp3) is 0.125. The van der Waals surface area contributed by atoms with E-state index in [0.717, 1.165) is 11.5 Å². The molecule has 0 spiro atoms. The third kappa shape index (κ3) is 4.89. The van der Waals surface area contributed by atoms with Crippen LogP contribution in [0.25, 0.3) is 11.1 Å². The minimum absolute atomic E-state index is 1.04. The predicted octanol–water partition coefficient (Wildman–Crippen LogP) is 7.59. The normalized spacial score (nSPS) is 20.5. The summed E-state index contributed by atoms with van der Waals surface area (Å²) in [6.45, 7) is 0. The molecular weight excluding hydrogens is 385 g/mol. The minimum atomic E-state index is 1.04. The van der Waals surface area contributed by atoms with Crippen molar-refractivity contribution < 1.29 is 0 Å².